The number of carbonyl (C=O) groups excluding carboxylic acids is 3. The predicted molar refractivity (Wildman–Crippen MR) is 138 cm³/mol. The third-order valence-corrected chi connectivity index (χ3v) is 7.55. The molecule has 1 saturated heterocycles. The number of amides is 2. The van der Waals surface area contributed by atoms with E-state index in [9.17, 15) is 14.4 Å². The Balaban J connectivity index is 0.000000268. The van der Waals surface area contributed by atoms with Gasteiger partial charge in [-0.2, -0.15) is 0 Å². The van der Waals surface area contributed by atoms with E-state index in [-0.39, 0.29) is 41.1 Å². The molecule has 1 heterocycles. The fraction of sp³-hybridized carbons (Fsp3) is 0.690. The molecule has 1 saturated carbocycles. The van der Waals surface area contributed by atoms with Crippen molar-refractivity contribution < 1.29 is 19.1 Å². The van der Waals surface area contributed by atoms with Crippen molar-refractivity contribution in [3.63, 3.8) is 0 Å². The van der Waals surface area contributed by atoms with E-state index in [0.29, 0.717) is 5.92 Å². The van der Waals surface area contributed by atoms with Crippen LogP contribution in [0.15, 0.2) is 30.3 Å². The van der Waals surface area contributed by atoms with Crippen LogP contribution in [-0.2, 0) is 19.1 Å². The summed E-state index contributed by atoms with van der Waals surface area (Å²) in [6.07, 6.45) is 7.63. The maximum absolute atomic E-state index is 11.9. The molecule has 2 amide bonds. The van der Waals surface area contributed by atoms with Crippen LogP contribution in [0.3, 0.4) is 0 Å². The average molecular weight is 474 g/mol. The van der Waals surface area contributed by atoms with Crippen molar-refractivity contribution in [3.05, 3.63) is 35.9 Å². The first-order valence-corrected chi connectivity index (χ1v) is 13.0. The number of nitrogens with zero attached hydrogens (tertiary/aromatic N) is 1. The van der Waals surface area contributed by atoms with Gasteiger partial charge in [0, 0.05) is 17.9 Å². The van der Waals surface area contributed by atoms with Gasteiger partial charge in [-0.25, -0.2) is 0 Å². The van der Waals surface area contributed by atoms with E-state index < -0.39 is 0 Å². The van der Waals surface area contributed by atoms with Crippen LogP contribution in [0.4, 0.5) is 0 Å². The Morgan fingerprint density at radius 2 is 1.50 bits per heavy atom. The first-order chi connectivity index (χ1) is 16.0. The van der Waals surface area contributed by atoms with Crippen LogP contribution in [0.5, 0.6) is 0 Å². The number of ether oxygens (including phenoxy) is 1. The highest BCUT2D eigenvalue weighted by Crippen LogP contribution is 2.32. The fourth-order valence-corrected chi connectivity index (χ4v) is 4.11. The van der Waals surface area contributed by atoms with E-state index in [1.807, 2.05) is 34.6 Å². The van der Waals surface area contributed by atoms with Crippen molar-refractivity contribution in [2.24, 2.45) is 17.3 Å². The van der Waals surface area contributed by atoms with Gasteiger partial charge in [-0.1, -0.05) is 84.2 Å². The molecule has 0 radical (unpaired) electrons. The number of hydrogen-bond acceptors (Lipinski definition) is 4. The number of imide groups is 1. The van der Waals surface area contributed by atoms with Crippen molar-refractivity contribution in [1.82, 2.24) is 4.90 Å². The predicted octanol–water partition coefficient (Wildman–Crippen LogP) is 6.76. The number of likely N-dealkylation sites (tertiary alicyclic amines) is 1. The van der Waals surface area contributed by atoms with Crippen LogP contribution < -0.4 is 0 Å². The Bertz CT molecular complexity index is 748. The second-order valence-electron chi connectivity index (χ2n) is 10.4. The quantitative estimate of drug-likeness (QED) is 0.350. The third kappa shape index (κ3) is 8.25. The average Bonchev–Trinajstić information content (AvgIpc) is 3.07. The van der Waals surface area contributed by atoms with Crippen molar-refractivity contribution in [1.29, 1.82) is 0 Å². The number of carbonyl (C=O) groups is 3. The van der Waals surface area contributed by atoms with Crippen LogP contribution >= 0.6 is 0 Å². The van der Waals surface area contributed by atoms with Gasteiger partial charge in [0.25, 0.3) is 0 Å². The van der Waals surface area contributed by atoms with E-state index in [0.717, 1.165) is 32.1 Å². The SMILES string of the molecule is CC1C(=O)N(C2CCCCC2)C(=O)C1C.CCC(C)(C)C(=O)OC.CCC(C)c1ccccc1. The summed E-state index contributed by atoms with van der Waals surface area (Å²) >= 11 is 0. The smallest absolute Gasteiger partial charge is 0.311 e. The normalized spacial score (nSPS) is 21.7. The maximum atomic E-state index is 11.9. The van der Waals surface area contributed by atoms with Gasteiger partial charge in [-0.3, -0.25) is 19.3 Å². The molecule has 3 atom stereocenters. The molecule has 0 bridgehead atoms. The lowest BCUT2D eigenvalue weighted by atomic mass is 9.91. The molecule has 0 aromatic heterocycles. The standard InChI is InChI=1S/C12H19NO2.C10H14.C7H14O2/c1-8-9(2)12(15)13(11(8)14)10-6-4-3-5-7-10;1-3-9(2)10-7-5-4-6-8-10;1-5-7(2,3)6(8)9-4/h8-10H,3-7H2,1-2H3;4-9H,3H2,1-2H3;5H2,1-4H3. The van der Waals surface area contributed by atoms with Gasteiger partial charge in [-0.05, 0) is 51.0 Å². The zero-order chi connectivity index (χ0) is 25.9. The van der Waals surface area contributed by atoms with Gasteiger partial charge in [0.05, 0.1) is 12.5 Å². The lowest BCUT2D eigenvalue weighted by molar-refractivity contribution is -0.151. The summed E-state index contributed by atoms with van der Waals surface area (Å²) in [7, 11) is 1.42. The molecule has 1 aliphatic heterocycles. The topological polar surface area (TPSA) is 63.7 Å². The van der Waals surface area contributed by atoms with Crippen LogP contribution in [-0.4, -0.2) is 35.8 Å². The molecular formula is C29H47NO4. The fourth-order valence-electron chi connectivity index (χ4n) is 4.11. The largest absolute Gasteiger partial charge is 0.469 e. The Kier molecular flexibility index (Phi) is 12.5. The summed E-state index contributed by atoms with van der Waals surface area (Å²) < 4.78 is 4.57. The minimum absolute atomic E-state index is 0.0550. The highest BCUT2D eigenvalue weighted by molar-refractivity contribution is 6.05. The molecule has 2 aliphatic rings. The zero-order valence-corrected chi connectivity index (χ0v) is 22.7. The molecule has 34 heavy (non-hydrogen) atoms. The van der Waals surface area contributed by atoms with Crippen molar-refractivity contribution in [2.45, 2.75) is 105 Å². The van der Waals surface area contributed by atoms with Gasteiger partial charge < -0.3 is 4.74 Å². The highest BCUT2D eigenvalue weighted by Gasteiger charge is 2.45. The number of rotatable bonds is 5. The third-order valence-electron chi connectivity index (χ3n) is 7.55. The van der Waals surface area contributed by atoms with E-state index in [4.69, 9.17) is 0 Å². The van der Waals surface area contributed by atoms with Crippen molar-refractivity contribution >= 4 is 17.8 Å². The maximum Gasteiger partial charge on any atom is 0.311 e. The number of benzene rings is 1. The molecule has 2 fully saturated rings. The Morgan fingerprint density at radius 3 is 1.88 bits per heavy atom. The summed E-state index contributed by atoms with van der Waals surface area (Å²) in [6, 6.07) is 10.8. The first kappa shape index (κ1) is 29.9. The highest BCUT2D eigenvalue weighted by atomic mass is 16.5. The number of hydrogen-bond donors (Lipinski definition) is 0. The van der Waals surface area contributed by atoms with E-state index >= 15 is 0 Å². The number of methoxy groups -OCH3 is 1. The lowest BCUT2D eigenvalue weighted by Gasteiger charge is -2.29. The van der Waals surface area contributed by atoms with Crippen LogP contribution in [0.1, 0.15) is 105 Å². The van der Waals surface area contributed by atoms with Crippen LogP contribution in [0.25, 0.3) is 0 Å². The van der Waals surface area contributed by atoms with E-state index in [1.54, 1.807) is 4.90 Å². The molecule has 1 aliphatic carbocycles. The van der Waals surface area contributed by atoms with Gasteiger partial charge in [0.15, 0.2) is 0 Å². The Morgan fingerprint density at radius 1 is 1.00 bits per heavy atom. The molecule has 1 aromatic rings. The van der Waals surface area contributed by atoms with Gasteiger partial charge in [-0.15, -0.1) is 0 Å². The first-order valence-electron chi connectivity index (χ1n) is 13.0. The molecular weight excluding hydrogens is 426 g/mol. The monoisotopic (exact) mass is 473 g/mol. The molecule has 3 rings (SSSR count). The molecule has 192 valence electrons. The zero-order valence-electron chi connectivity index (χ0n) is 22.7. The lowest BCUT2D eigenvalue weighted by Crippen LogP contribution is -2.41. The van der Waals surface area contributed by atoms with Crippen LogP contribution in [0, 0.1) is 17.3 Å². The van der Waals surface area contributed by atoms with Gasteiger partial charge in [0.2, 0.25) is 11.8 Å². The molecule has 5 nitrogen and oxygen atoms in total. The van der Waals surface area contributed by atoms with E-state index in [1.165, 1.54) is 25.5 Å². The summed E-state index contributed by atoms with van der Waals surface area (Å²) in [6.45, 7) is 13.9. The minimum Gasteiger partial charge on any atom is -0.469 e. The summed E-state index contributed by atoms with van der Waals surface area (Å²) in [5.74, 6) is 0.462. The minimum atomic E-state index is -0.311. The summed E-state index contributed by atoms with van der Waals surface area (Å²) in [4.78, 5) is 36.3. The molecule has 5 heteroatoms. The van der Waals surface area contributed by atoms with Crippen LogP contribution in [0.2, 0.25) is 0 Å². The molecule has 0 spiro atoms. The summed E-state index contributed by atoms with van der Waals surface area (Å²) in [5, 5.41) is 0. The van der Waals surface area contributed by atoms with Crippen molar-refractivity contribution in [2.75, 3.05) is 7.11 Å². The second kappa shape index (κ2) is 14.3. The van der Waals surface area contributed by atoms with Gasteiger partial charge in [0.1, 0.15) is 0 Å². The van der Waals surface area contributed by atoms with Gasteiger partial charge >= 0.3 is 5.97 Å². The molecule has 0 N–H and O–H groups in total. The molecule has 1 aromatic carbocycles. The number of esters is 1. The molecule has 3 unspecified atom stereocenters. The summed E-state index contributed by atoms with van der Waals surface area (Å²) in [5.41, 5.74) is 1.14. The van der Waals surface area contributed by atoms with E-state index in [2.05, 4.69) is 48.9 Å². The Hall–Kier alpha value is -2.17. The Labute approximate surface area is 207 Å². The van der Waals surface area contributed by atoms with Crippen molar-refractivity contribution in [3.8, 4) is 0 Å². The second-order valence-corrected chi connectivity index (χ2v) is 10.4.